The molecule has 8 heteroatoms. The number of aromatic nitrogens is 2. The van der Waals surface area contributed by atoms with Gasteiger partial charge in [0.25, 0.3) is 0 Å². The molecule has 0 fully saturated rings. The Kier molecular flexibility index (Phi) is 12.0. The molecule has 0 amide bonds. The lowest BCUT2D eigenvalue weighted by atomic mass is 10.3. The van der Waals surface area contributed by atoms with E-state index in [4.69, 9.17) is 9.26 Å². The first-order valence-corrected chi connectivity index (χ1v) is 8.05. The molecule has 0 aromatic carbocycles. The molecule has 0 bridgehead atoms. The molecule has 0 aliphatic carbocycles. The molecule has 1 aromatic rings. The van der Waals surface area contributed by atoms with E-state index in [1.165, 1.54) is 0 Å². The molecule has 23 heavy (non-hydrogen) atoms. The van der Waals surface area contributed by atoms with E-state index < -0.39 is 0 Å². The van der Waals surface area contributed by atoms with Crippen LogP contribution >= 0.6 is 24.0 Å². The summed E-state index contributed by atoms with van der Waals surface area (Å²) in [5.41, 5.74) is 0. The van der Waals surface area contributed by atoms with Crippen LogP contribution in [-0.2, 0) is 11.3 Å². The van der Waals surface area contributed by atoms with Crippen molar-refractivity contribution in [2.24, 2.45) is 4.99 Å². The number of unbranched alkanes of at least 4 members (excludes halogenated alkanes) is 1. The van der Waals surface area contributed by atoms with Gasteiger partial charge in [-0.25, -0.2) is 4.99 Å². The third-order valence-corrected chi connectivity index (χ3v) is 3.17. The van der Waals surface area contributed by atoms with Crippen molar-refractivity contribution < 1.29 is 9.26 Å². The summed E-state index contributed by atoms with van der Waals surface area (Å²) in [6.45, 7) is 10.9. The van der Waals surface area contributed by atoms with Crippen LogP contribution in [0.15, 0.2) is 9.52 Å². The van der Waals surface area contributed by atoms with E-state index >= 15 is 0 Å². The fraction of sp³-hybridized carbons (Fsp3) is 0.800. The minimum Gasteiger partial charge on any atom is -0.371 e. The van der Waals surface area contributed by atoms with Crippen molar-refractivity contribution in [2.75, 3.05) is 26.7 Å². The van der Waals surface area contributed by atoms with Gasteiger partial charge in [0.05, 0.1) is 0 Å². The molecule has 1 heterocycles. The summed E-state index contributed by atoms with van der Waals surface area (Å²) in [6, 6.07) is 0. The van der Waals surface area contributed by atoms with Crippen molar-refractivity contribution in [3.8, 4) is 0 Å². The van der Waals surface area contributed by atoms with Crippen LogP contribution in [0.5, 0.6) is 0 Å². The number of hydrogen-bond donors (Lipinski definition) is 1. The number of nitrogens with zero attached hydrogens (tertiary/aromatic N) is 4. The molecule has 7 nitrogen and oxygen atoms in total. The number of halogens is 1. The van der Waals surface area contributed by atoms with Crippen LogP contribution in [0, 0.1) is 0 Å². The Morgan fingerprint density at radius 2 is 2.13 bits per heavy atom. The fourth-order valence-corrected chi connectivity index (χ4v) is 1.94. The fourth-order valence-electron chi connectivity index (χ4n) is 1.94. The zero-order valence-electron chi connectivity index (χ0n) is 14.8. The first kappa shape index (κ1) is 22.1. The number of hydrogen-bond acceptors (Lipinski definition) is 5. The molecule has 1 aromatic heterocycles. The Balaban J connectivity index is 0.00000484. The van der Waals surface area contributed by atoms with Crippen LogP contribution in [0.2, 0.25) is 0 Å². The molecule has 0 saturated heterocycles. The molecule has 0 spiro atoms. The largest absolute Gasteiger partial charge is 0.371 e. The zero-order valence-corrected chi connectivity index (χ0v) is 17.2. The minimum absolute atomic E-state index is 0. The van der Waals surface area contributed by atoms with Gasteiger partial charge in [-0.2, -0.15) is 4.98 Å². The van der Waals surface area contributed by atoms with Crippen molar-refractivity contribution in [3.05, 3.63) is 11.7 Å². The monoisotopic (exact) mass is 439 g/mol. The SMILES string of the molecule is CCCCN(C)C(=NCc1nc(C(C)OCC)no1)NCC.I. The summed E-state index contributed by atoms with van der Waals surface area (Å²) in [4.78, 5) is 11.0. The lowest BCUT2D eigenvalue weighted by Gasteiger charge is -2.21. The normalized spacial score (nSPS) is 12.7. The number of ether oxygens (including phenoxy) is 1. The number of guanidine groups is 1. The van der Waals surface area contributed by atoms with Crippen molar-refractivity contribution in [2.45, 2.75) is 53.2 Å². The van der Waals surface area contributed by atoms with Gasteiger partial charge in [0.2, 0.25) is 5.89 Å². The Hall–Kier alpha value is -0.900. The van der Waals surface area contributed by atoms with Crippen molar-refractivity contribution in [3.63, 3.8) is 0 Å². The smallest absolute Gasteiger partial charge is 0.248 e. The highest BCUT2D eigenvalue weighted by Gasteiger charge is 2.14. The van der Waals surface area contributed by atoms with Crippen LogP contribution in [-0.4, -0.2) is 47.7 Å². The van der Waals surface area contributed by atoms with Gasteiger partial charge >= 0.3 is 0 Å². The number of aliphatic imine (C=N–C) groups is 1. The maximum Gasteiger partial charge on any atom is 0.248 e. The average molecular weight is 439 g/mol. The maximum atomic E-state index is 5.45. The van der Waals surface area contributed by atoms with Crippen LogP contribution in [0.1, 0.15) is 58.4 Å². The molecule has 0 saturated carbocycles. The second-order valence-electron chi connectivity index (χ2n) is 5.09. The summed E-state index contributed by atoms with van der Waals surface area (Å²) in [6.07, 6.45) is 2.13. The van der Waals surface area contributed by atoms with E-state index in [0.717, 1.165) is 31.9 Å². The lowest BCUT2D eigenvalue weighted by Crippen LogP contribution is -2.39. The van der Waals surface area contributed by atoms with E-state index in [1.54, 1.807) is 0 Å². The second-order valence-corrected chi connectivity index (χ2v) is 5.09. The van der Waals surface area contributed by atoms with Gasteiger partial charge in [0.15, 0.2) is 11.8 Å². The standard InChI is InChI=1S/C15H29N5O2.HI/c1-6-9-10-20(5)15(16-7-2)17-11-13-18-14(19-22-13)12(4)21-8-3;/h12H,6-11H2,1-5H3,(H,16,17);1H. The number of nitrogens with one attached hydrogen (secondary N) is 1. The van der Waals surface area contributed by atoms with Crippen LogP contribution in [0.25, 0.3) is 0 Å². The third kappa shape index (κ3) is 7.96. The lowest BCUT2D eigenvalue weighted by molar-refractivity contribution is 0.0683. The van der Waals surface area contributed by atoms with Gasteiger partial charge < -0.3 is 19.5 Å². The molecule has 0 aliphatic heterocycles. The highest BCUT2D eigenvalue weighted by Crippen LogP contribution is 2.13. The molecule has 1 N–H and O–H groups in total. The van der Waals surface area contributed by atoms with E-state index in [0.29, 0.717) is 24.9 Å². The predicted molar refractivity (Wildman–Crippen MR) is 102 cm³/mol. The Bertz CT molecular complexity index is 453. The highest BCUT2D eigenvalue weighted by molar-refractivity contribution is 14.0. The first-order valence-electron chi connectivity index (χ1n) is 8.05. The summed E-state index contributed by atoms with van der Waals surface area (Å²) >= 11 is 0. The molecule has 0 aliphatic rings. The summed E-state index contributed by atoms with van der Waals surface area (Å²) in [5.74, 6) is 1.92. The number of rotatable bonds is 9. The quantitative estimate of drug-likeness (QED) is 0.362. The van der Waals surface area contributed by atoms with Crippen LogP contribution in [0.4, 0.5) is 0 Å². The molecule has 1 rings (SSSR count). The highest BCUT2D eigenvalue weighted by atomic mass is 127. The summed E-state index contributed by atoms with van der Waals surface area (Å²) in [5, 5.41) is 7.21. The van der Waals surface area contributed by atoms with E-state index in [2.05, 4.69) is 39.2 Å². The first-order chi connectivity index (χ1) is 10.6. The van der Waals surface area contributed by atoms with Crippen molar-refractivity contribution in [1.29, 1.82) is 0 Å². The molecular weight excluding hydrogens is 409 g/mol. The Morgan fingerprint density at radius 3 is 2.74 bits per heavy atom. The Labute approximate surface area is 156 Å². The minimum atomic E-state index is -0.160. The van der Waals surface area contributed by atoms with Crippen LogP contribution < -0.4 is 5.32 Å². The van der Waals surface area contributed by atoms with Gasteiger partial charge in [-0.15, -0.1) is 24.0 Å². The third-order valence-electron chi connectivity index (χ3n) is 3.17. The zero-order chi connectivity index (χ0) is 16.4. The van der Waals surface area contributed by atoms with Gasteiger partial charge in [0, 0.05) is 26.7 Å². The second kappa shape index (κ2) is 12.5. The van der Waals surface area contributed by atoms with Crippen LogP contribution in [0.3, 0.4) is 0 Å². The predicted octanol–water partition coefficient (Wildman–Crippen LogP) is 2.98. The summed E-state index contributed by atoms with van der Waals surface area (Å²) < 4.78 is 10.7. The maximum absolute atomic E-state index is 5.45. The van der Waals surface area contributed by atoms with E-state index in [-0.39, 0.29) is 30.1 Å². The van der Waals surface area contributed by atoms with Gasteiger partial charge in [0.1, 0.15) is 12.6 Å². The summed E-state index contributed by atoms with van der Waals surface area (Å²) in [7, 11) is 2.04. The van der Waals surface area contributed by atoms with Crippen molar-refractivity contribution in [1.82, 2.24) is 20.4 Å². The molecule has 134 valence electrons. The molecule has 1 atom stereocenters. The van der Waals surface area contributed by atoms with Gasteiger partial charge in [-0.05, 0) is 27.2 Å². The molecule has 0 radical (unpaired) electrons. The van der Waals surface area contributed by atoms with E-state index in [1.807, 2.05) is 20.9 Å². The molecular formula is C15H30IN5O2. The molecule has 1 unspecified atom stereocenters. The Morgan fingerprint density at radius 1 is 1.39 bits per heavy atom. The van der Waals surface area contributed by atoms with Gasteiger partial charge in [-0.1, -0.05) is 18.5 Å². The van der Waals surface area contributed by atoms with Gasteiger partial charge in [-0.3, -0.25) is 0 Å². The van der Waals surface area contributed by atoms with Crippen molar-refractivity contribution >= 4 is 29.9 Å². The topological polar surface area (TPSA) is 75.8 Å². The average Bonchev–Trinajstić information content (AvgIpc) is 2.98. The van der Waals surface area contributed by atoms with E-state index in [9.17, 15) is 0 Å².